The van der Waals surface area contributed by atoms with Crippen LogP contribution in [0.1, 0.15) is 44.9 Å². The molecule has 1 saturated heterocycles. The van der Waals surface area contributed by atoms with Crippen LogP contribution in [-0.2, 0) is 19.8 Å². The van der Waals surface area contributed by atoms with Crippen molar-refractivity contribution in [3.05, 3.63) is 64.3 Å². The fraction of sp³-hybridized carbons (Fsp3) is 0.448. The lowest BCUT2D eigenvalue weighted by atomic mass is 10.0. The maximum absolute atomic E-state index is 14.3. The lowest BCUT2D eigenvalue weighted by molar-refractivity contribution is -0.143. The largest absolute Gasteiger partial charge is 0.461 e. The number of rotatable bonds is 9. The van der Waals surface area contributed by atoms with Crippen molar-refractivity contribution in [2.24, 2.45) is 0 Å². The number of amides is 1. The van der Waals surface area contributed by atoms with Crippen LogP contribution in [0.25, 0.3) is 21.0 Å². The molecule has 0 N–H and O–H groups in total. The Morgan fingerprint density at radius 1 is 1.18 bits per heavy atom. The standard InChI is InChI=1S/C29H34N4O6S/c1-18(2)39-21(20-9-7-6-8-10-20)17-38-28-31-25-22(19(3)23(40-25)24-30-11-14-37-24)26(34)33(28)29(4,5)27(35)32-12-15-36-16-13-32/h6-11,14,18,21H,12-13,15-17H2,1-5H3. The van der Waals surface area contributed by atoms with Crippen molar-refractivity contribution >= 4 is 27.5 Å². The Balaban J connectivity index is 1.61. The summed E-state index contributed by atoms with van der Waals surface area (Å²) in [5.41, 5.74) is -0.0174. The number of hydrogen-bond donors (Lipinski definition) is 0. The summed E-state index contributed by atoms with van der Waals surface area (Å²) in [5, 5.41) is 0.409. The van der Waals surface area contributed by atoms with Gasteiger partial charge in [0.05, 0.1) is 35.8 Å². The van der Waals surface area contributed by atoms with Crippen molar-refractivity contribution in [2.45, 2.75) is 52.4 Å². The second kappa shape index (κ2) is 11.5. The zero-order valence-corrected chi connectivity index (χ0v) is 24.2. The Morgan fingerprint density at radius 2 is 1.90 bits per heavy atom. The summed E-state index contributed by atoms with van der Waals surface area (Å²) in [4.78, 5) is 40.0. The average Bonchev–Trinajstić information content (AvgIpc) is 3.59. The van der Waals surface area contributed by atoms with Crippen LogP contribution in [-0.4, -0.2) is 64.4 Å². The highest BCUT2D eigenvalue weighted by Gasteiger charge is 2.39. The molecule has 3 aromatic heterocycles. The topological polar surface area (TPSA) is 109 Å². The molecule has 212 valence electrons. The molecule has 0 aliphatic carbocycles. The first-order valence-corrected chi connectivity index (χ1v) is 14.2. The number of hydrogen-bond acceptors (Lipinski definition) is 9. The van der Waals surface area contributed by atoms with E-state index in [-0.39, 0.29) is 30.2 Å². The minimum atomic E-state index is -1.29. The van der Waals surface area contributed by atoms with E-state index in [2.05, 4.69) is 4.98 Å². The number of benzene rings is 1. The number of ether oxygens (including phenoxy) is 3. The number of carbonyl (C=O) groups is 1. The number of nitrogens with zero attached hydrogens (tertiary/aromatic N) is 4. The van der Waals surface area contributed by atoms with Crippen LogP contribution in [0.4, 0.5) is 0 Å². The van der Waals surface area contributed by atoms with E-state index in [4.69, 9.17) is 23.6 Å². The second-order valence-corrected chi connectivity index (χ2v) is 11.5. The first kappa shape index (κ1) is 28.0. The first-order valence-electron chi connectivity index (χ1n) is 13.3. The molecular weight excluding hydrogens is 532 g/mol. The van der Waals surface area contributed by atoms with E-state index in [0.29, 0.717) is 52.9 Å². The highest BCUT2D eigenvalue weighted by atomic mass is 32.1. The molecule has 1 atom stereocenters. The monoisotopic (exact) mass is 566 g/mol. The van der Waals surface area contributed by atoms with E-state index >= 15 is 0 Å². The van der Waals surface area contributed by atoms with Crippen molar-refractivity contribution in [3.8, 4) is 16.8 Å². The van der Waals surface area contributed by atoms with Crippen molar-refractivity contribution in [3.63, 3.8) is 0 Å². The number of oxazole rings is 1. The zero-order valence-electron chi connectivity index (χ0n) is 23.4. The summed E-state index contributed by atoms with van der Waals surface area (Å²) in [6.07, 6.45) is 2.58. The van der Waals surface area contributed by atoms with Crippen molar-refractivity contribution < 1.29 is 23.4 Å². The van der Waals surface area contributed by atoms with Crippen LogP contribution in [0.15, 0.2) is 52.0 Å². The number of fused-ring (bicyclic) bond motifs is 1. The maximum Gasteiger partial charge on any atom is 0.301 e. The minimum Gasteiger partial charge on any atom is -0.461 e. The molecule has 1 amide bonds. The fourth-order valence-corrected chi connectivity index (χ4v) is 6.01. The van der Waals surface area contributed by atoms with Crippen LogP contribution in [0.2, 0.25) is 0 Å². The molecule has 0 saturated carbocycles. The van der Waals surface area contributed by atoms with Crippen LogP contribution < -0.4 is 10.3 Å². The first-order chi connectivity index (χ1) is 19.2. The van der Waals surface area contributed by atoms with Crippen LogP contribution in [0, 0.1) is 6.92 Å². The van der Waals surface area contributed by atoms with E-state index in [1.807, 2.05) is 51.1 Å². The molecule has 40 heavy (non-hydrogen) atoms. The van der Waals surface area contributed by atoms with Gasteiger partial charge in [-0.1, -0.05) is 30.3 Å². The Labute approximate surface area is 236 Å². The molecule has 0 bridgehead atoms. The van der Waals surface area contributed by atoms with E-state index in [0.717, 1.165) is 5.56 Å². The molecule has 1 aliphatic heterocycles. The molecule has 4 aromatic rings. The van der Waals surface area contributed by atoms with Gasteiger partial charge in [-0.3, -0.25) is 9.59 Å². The highest BCUT2D eigenvalue weighted by molar-refractivity contribution is 7.22. The number of aromatic nitrogens is 3. The molecule has 0 spiro atoms. The van der Waals surface area contributed by atoms with E-state index in [9.17, 15) is 9.59 Å². The van der Waals surface area contributed by atoms with Gasteiger partial charge in [0.15, 0.2) is 0 Å². The molecule has 5 rings (SSSR count). The second-order valence-electron chi connectivity index (χ2n) is 10.5. The molecule has 1 fully saturated rings. The lowest BCUT2D eigenvalue weighted by Crippen LogP contribution is -2.53. The summed E-state index contributed by atoms with van der Waals surface area (Å²) in [6.45, 7) is 11.1. The van der Waals surface area contributed by atoms with Gasteiger partial charge in [-0.15, -0.1) is 11.3 Å². The quantitative estimate of drug-likeness (QED) is 0.290. The smallest absolute Gasteiger partial charge is 0.301 e. The number of thiophene rings is 1. The molecule has 10 nitrogen and oxygen atoms in total. The average molecular weight is 567 g/mol. The Morgan fingerprint density at radius 3 is 2.55 bits per heavy atom. The predicted molar refractivity (Wildman–Crippen MR) is 152 cm³/mol. The Bertz CT molecular complexity index is 1520. The molecule has 1 aromatic carbocycles. The minimum absolute atomic E-state index is 0.0533. The summed E-state index contributed by atoms with van der Waals surface area (Å²) in [5.74, 6) is 0.204. The third-order valence-corrected chi connectivity index (χ3v) is 8.09. The van der Waals surface area contributed by atoms with Crippen molar-refractivity contribution in [1.29, 1.82) is 0 Å². The number of morpholine rings is 1. The Hall–Kier alpha value is -3.54. The van der Waals surface area contributed by atoms with Gasteiger partial charge in [0.1, 0.15) is 29.3 Å². The van der Waals surface area contributed by atoms with E-state index in [1.54, 1.807) is 24.9 Å². The molecule has 1 aliphatic rings. The van der Waals surface area contributed by atoms with E-state index < -0.39 is 11.6 Å². The van der Waals surface area contributed by atoms with Crippen molar-refractivity contribution in [2.75, 3.05) is 32.9 Å². The van der Waals surface area contributed by atoms with Gasteiger partial charge in [-0.25, -0.2) is 9.55 Å². The van der Waals surface area contributed by atoms with Gasteiger partial charge in [0.2, 0.25) is 11.8 Å². The molecule has 4 heterocycles. The van der Waals surface area contributed by atoms with Gasteiger partial charge in [0.25, 0.3) is 5.56 Å². The third-order valence-electron chi connectivity index (χ3n) is 6.91. The van der Waals surface area contributed by atoms with Gasteiger partial charge in [0, 0.05) is 13.1 Å². The van der Waals surface area contributed by atoms with Gasteiger partial charge in [-0.2, -0.15) is 4.98 Å². The van der Waals surface area contributed by atoms with Gasteiger partial charge in [-0.05, 0) is 45.7 Å². The van der Waals surface area contributed by atoms with Crippen LogP contribution in [0.3, 0.4) is 0 Å². The van der Waals surface area contributed by atoms with Crippen LogP contribution in [0.5, 0.6) is 6.01 Å². The SMILES string of the molecule is Cc1c(-c2ncco2)sc2nc(OCC(OC(C)C)c3ccccc3)n(C(C)(C)C(=O)N3CCOCC3)c(=O)c12. The molecule has 1 unspecified atom stereocenters. The summed E-state index contributed by atoms with van der Waals surface area (Å²) >= 11 is 1.30. The predicted octanol–water partition coefficient (Wildman–Crippen LogP) is 4.56. The van der Waals surface area contributed by atoms with Crippen LogP contribution >= 0.6 is 11.3 Å². The lowest BCUT2D eigenvalue weighted by Gasteiger charge is -2.35. The van der Waals surface area contributed by atoms with Crippen molar-refractivity contribution in [1.82, 2.24) is 19.4 Å². The Kier molecular flexibility index (Phi) is 8.07. The highest BCUT2D eigenvalue weighted by Crippen LogP contribution is 2.37. The normalized spacial score (nSPS) is 15.1. The maximum atomic E-state index is 14.3. The number of carbonyl (C=O) groups excluding carboxylic acids is 1. The zero-order chi connectivity index (χ0) is 28.4. The summed E-state index contributed by atoms with van der Waals surface area (Å²) in [7, 11) is 0. The molecule has 11 heteroatoms. The summed E-state index contributed by atoms with van der Waals surface area (Å²) < 4.78 is 24.8. The molecular formula is C29H34N4O6S. The summed E-state index contributed by atoms with van der Waals surface area (Å²) in [6, 6.07) is 9.81. The van der Waals surface area contributed by atoms with Gasteiger partial charge >= 0.3 is 6.01 Å². The van der Waals surface area contributed by atoms with E-state index in [1.165, 1.54) is 22.2 Å². The fourth-order valence-electron chi connectivity index (χ4n) is 4.90. The number of aryl methyl sites for hydroxylation is 1. The van der Waals surface area contributed by atoms with Gasteiger partial charge < -0.3 is 23.5 Å². The molecule has 0 radical (unpaired) electrons. The third kappa shape index (κ3) is 5.41.